The second-order valence-electron chi connectivity index (χ2n) is 2.97. The fraction of sp³-hybridized carbons (Fsp3) is 0.300. The van der Waals surface area contributed by atoms with Crippen molar-refractivity contribution in [3.05, 3.63) is 34.6 Å². The van der Waals surface area contributed by atoms with Crippen LogP contribution in [0.15, 0.2) is 18.2 Å². The molecule has 0 aliphatic rings. The van der Waals surface area contributed by atoms with E-state index in [4.69, 9.17) is 27.2 Å². The van der Waals surface area contributed by atoms with Crippen LogP contribution in [0.3, 0.4) is 0 Å². The van der Waals surface area contributed by atoms with E-state index < -0.39 is 5.97 Å². The first-order valence-corrected chi connectivity index (χ1v) is 4.62. The molecule has 1 atom stereocenters. The highest BCUT2D eigenvalue weighted by Gasteiger charge is 2.05. The van der Waals surface area contributed by atoms with Gasteiger partial charge in [0.05, 0.1) is 0 Å². The fourth-order valence-electron chi connectivity index (χ4n) is 0.871. The number of nitrogens with two attached hydrogens (primary N) is 1. The lowest BCUT2D eigenvalue weighted by atomic mass is 10.1. The Labute approximate surface area is 105 Å². The summed E-state index contributed by atoms with van der Waals surface area (Å²) in [5.74, 6) is -1.17. The maximum atomic E-state index is 12.9. The molecule has 0 bridgehead atoms. The minimum Gasteiger partial charge on any atom is -0.481 e. The Bertz CT molecular complexity index is 342. The van der Waals surface area contributed by atoms with Crippen molar-refractivity contribution in [1.29, 1.82) is 0 Å². The molecule has 0 fully saturated rings. The smallest absolute Gasteiger partial charge is 0.300 e. The predicted molar refractivity (Wildman–Crippen MR) is 64.6 cm³/mol. The molecule has 0 amide bonds. The van der Waals surface area contributed by atoms with E-state index in [0.29, 0.717) is 10.6 Å². The van der Waals surface area contributed by atoms with Crippen molar-refractivity contribution >= 4 is 30.0 Å². The van der Waals surface area contributed by atoms with Crippen LogP contribution >= 0.6 is 24.0 Å². The van der Waals surface area contributed by atoms with Crippen LogP contribution in [-0.4, -0.2) is 11.1 Å². The van der Waals surface area contributed by atoms with Gasteiger partial charge in [0.2, 0.25) is 0 Å². The molecular weight excluding hydrogens is 256 g/mol. The molecule has 16 heavy (non-hydrogen) atoms. The topological polar surface area (TPSA) is 63.3 Å². The number of rotatable bonds is 1. The van der Waals surface area contributed by atoms with Gasteiger partial charge in [-0.2, -0.15) is 0 Å². The Morgan fingerprint density at radius 1 is 1.56 bits per heavy atom. The molecule has 0 heterocycles. The number of carbonyl (C=O) groups is 1. The predicted octanol–water partition coefficient (Wildman–Crippen LogP) is 3.01. The molecule has 1 rings (SSSR count). The van der Waals surface area contributed by atoms with Gasteiger partial charge in [-0.1, -0.05) is 17.7 Å². The maximum absolute atomic E-state index is 12.9. The Morgan fingerprint density at radius 2 is 2.00 bits per heavy atom. The van der Waals surface area contributed by atoms with Crippen molar-refractivity contribution in [2.75, 3.05) is 0 Å². The molecule has 0 aliphatic heterocycles. The van der Waals surface area contributed by atoms with Gasteiger partial charge in [0.1, 0.15) is 5.82 Å². The van der Waals surface area contributed by atoms with Crippen LogP contribution in [0.4, 0.5) is 4.39 Å². The lowest BCUT2D eigenvalue weighted by molar-refractivity contribution is -0.134. The van der Waals surface area contributed by atoms with Crippen LogP contribution in [0.2, 0.25) is 5.02 Å². The Morgan fingerprint density at radius 3 is 2.31 bits per heavy atom. The van der Waals surface area contributed by atoms with E-state index in [1.807, 2.05) is 0 Å². The SMILES string of the molecule is CC(=O)O.CC(N)c1ccc(Cl)cc1F.Cl. The second-order valence-corrected chi connectivity index (χ2v) is 3.41. The second kappa shape index (κ2) is 8.33. The van der Waals surface area contributed by atoms with E-state index in [2.05, 4.69) is 0 Å². The van der Waals surface area contributed by atoms with Gasteiger partial charge < -0.3 is 10.8 Å². The molecule has 1 aromatic rings. The summed E-state index contributed by atoms with van der Waals surface area (Å²) in [5.41, 5.74) is 5.98. The summed E-state index contributed by atoms with van der Waals surface area (Å²) in [6.07, 6.45) is 0. The third-order valence-electron chi connectivity index (χ3n) is 1.45. The normalized spacial score (nSPS) is 10.6. The van der Waals surface area contributed by atoms with E-state index in [1.54, 1.807) is 19.1 Å². The van der Waals surface area contributed by atoms with E-state index in [-0.39, 0.29) is 24.3 Å². The van der Waals surface area contributed by atoms with Gasteiger partial charge in [-0.15, -0.1) is 12.4 Å². The zero-order valence-corrected chi connectivity index (χ0v) is 10.5. The quantitative estimate of drug-likeness (QED) is 0.824. The van der Waals surface area contributed by atoms with Gasteiger partial charge in [0, 0.05) is 23.6 Å². The summed E-state index contributed by atoms with van der Waals surface area (Å²) in [7, 11) is 0. The van der Waals surface area contributed by atoms with Gasteiger partial charge in [0.25, 0.3) is 5.97 Å². The first-order chi connectivity index (χ1) is 6.84. The number of benzene rings is 1. The van der Waals surface area contributed by atoms with Crippen molar-refractivity contribution in [3.8, 4) is 0 Å². The summed E-state index contributed by atoms with van der Waals surface area (Å²) in [5, 5.41) is 7.81. The van der Waals surface area contributed by atoms with Gasteiger partial charge in [-0.05, 0) is 19.1 Å². The minimum absolute atomic E-state index is 0. The molecule has 0 aliphatic carbocycles. The Hall–Kier alpha value is -0.840. The highest BCUT2D eigenvalue weighted by atomic mass is 35.5. The summed E-state index contributed by atoms with van der Waals surface area (Å²) < 4.78 is 12.9. The molecular formula is C10H14Cl2FNO2. The first kappa shape index (κ1) is 17.6. The first-order valence-electron chi connectivity index (χ1n) is 4.24. The van der Waals surface area contributed by atoms with Gasteiger partial charge >= 0.3 is 0 Å². The van der Waals surface area contributed by atoms with Gasteiger partial charge in [-0.3, -0.25) is 4.79 Å². The fourth-order valence-corrected chi connectivity index (χ4v) is 1.03. The highest BCUT2D eigenvalue weighted by Crippen LogP contribution is 2.18. The molecule has 0 saturated heterocycles. The highest BCUT2D eigenvalue weighted by molar-refractivity contribution is 6.30. The van der Waals surface area contributed by atoms with Crippen LogP contribution in [0.1, 0.15) is 25.5 Å². The third kappa shape index (κ3) is 7.45. The number of halogens is 3. The monoisotopic (exact) mass is 269 g/mol. The largest absolute Gasteiger partial charge is 0.481 e. The summed E-state index contributed by atoms with van der Waals surface area (Å²) in [6.45, 7) is 2.81. The molecule has 3 N–H and O–H groups in total. The Balaban J connectivity index is 0. The minimum atomic E-state index is -0.833. The van der Waals surface area contributed by atoms with Crippen LogP contribution < -0.4 is 5.73 Å². The lowest BCUT2D eigenvalue weighted by Crippen LogP contribution is -2.06. The van der Waals surface area contributed by atoms with Crippen LogP contribution in [-0.2, 0) is 4.79 Å². The third-order valence-corrected chi connectivity index (χ3v) is 1.69. The van der Waals surface area contributed by atoms with Crippen LogP contribution in [0.25, 0.3) is 0 Å². The summed E-state index contributed by atoms with van der Waals surface area (Å²) in [4.78, 5) is 9.00. The van der Waals surface area contributed by atoms with Crippen molar-refractivity contribution < 1.29 is 14.3 Å². The number of hydrogen-bond acceptors (Lipinski definition) is 2. The number of hydrogen-bond donors (Lipinski definition) is 2. The zero-order valence-electron chi connectivity index (χ0n) is 8.91. The van der Waals surface area contributed by atoms with Gasteiger partial charge in [0.15, 0.2) is 0 Å². The molecule has 3 nitrogen and oxygen atoms in total. The summed E-state index contributed by atoms with van der Waals surface area (Å²) >= 11 is 5.54. The van der Waals surface area contributed by atoms with Crippen LogP contribution in [0.5, 0.6) is 0 Å². The van der Waals surface area contributed by atoms with Crippen molar-refractivity contribution in [2.45, 2.75) is 19.9 Å². The van der Waals surface area contributed by atoms with Crippen molar-refractivity contribution in [3.63, 3.8) is 0 Å². The molecule has 0 aromatic heterocycles. The van der Waals surface area contributed by atoms with E-state index in [9.17, 15) is 4.39 Å². The molecule has 92 valence electrons. The molecule has 0 saturated carbocycles. The lowest BCUT2D eigenvalue weighted by Gasteiger charge is -2.05. The average Bonchev–Trinajstić information content (AvgIpc) is 2.01. The van der Waals surface area contributed by atoms with E-state index in [1.165, 1.54) is 6.07 Å². The molecule has 0 radical (unpaired) electrons. The molecule has 6 heteroatoms. The van der Waals surface area contributed by atoms with E-state index in [0.717, 1.165) is 6.92 Å². The number of carboxylic acids is 1. The standard InChI is InChI=1S/C8H9ClFN.C2H4O2.ClH/c1-5(11)7-3-2-6(9)4-8(7)10;1-2(3)4;/h2-5H,11H2,1H3;1H3,(H,3,4);1H. The van der Waals surface area contributed by atoms with E-state index >= 15 is 0 Å². The molecule has 1 aromatic carbocycles. The Kier molecular flexibility index (Phi) is 9.14. The molecule has 0 spiro atoms. The number of carboxylic acid groups (broad SMARTS) is 1. The van der Waals surface area contributed by atoms with Gasteiger partial charge in [-0.25, -0.2) is 4.39 Å². The average molecular weight is 270 g/mol. The summed E-state index contributed by atoms with van der Waals surface area (Å²) in [6, 6.07) is 4.21. The van der Waals surface area contributed by atoms with Crippen LogP contribution in [0, 0.1) is 5.82 Å². The zero-order chi connectivity index (χ0) is 12.0. The van der Waals surface area contributed by atoms with Crippen molar-refractivity contribution in [1.82, 2.24) is 0 Å². The van der Waals surface area contributed by atoms with Crippen molar-refractivity contribution in [2.24, 2.45) is 5.73 Å². The number of aliphatic carboxylic acids is 1. The maximum Gasteiger partial charge on any atom is 0.300 e. The molecule has 1 unspecified atom stereocenters.